The minimum Gasteiger partial charge on any atom is -0.443 e. The van der Waals surface area contributed by atoms with Crippen LogP contribution >= 0.6 is 0 Å². The van der Waals surface area contributed by atoms with Crippen LogP contribution in [0.3, 0.4) is 0 Å². The van der Waals surface area contributed by atoms with Gasteiger partial charge in [0.15, 0.2) is 0 Å². The van der Waals surface area contributed by atoms with Gasteiger partial charge in [-0.05, 0) is 49.4 Å². The second kappa shape index (κ2) is 6.74. The predicted octanol–water partition coefficient (Wildman–Crippen LogP) is 7.40. The van der Waals surface area contributed by atoms with Crippen molar-refractivity contribution in [2.24, 2.45) is 0 Å². The zero-order valence-corrected chi connectivity index (χ0v) is 17.3. The van der Waals surface area contributed by atoms with Crippen molar-refractivity contribution in [3.05, 3.63) is 84.9 Å². The Labute approximate surface area is 175 Å². The number of aromatic nitrogens is 1. The number of hydrogen-bond donors (Lipinski definition) is 0. The zero-order chi connectivity index (χ0) is 20.9. The normalized spacial score (nSPS) is 12.0. The van der Waals surface area contributed by atoms with E-state index in [0.29, 0.717) is 0 Å². The summed E-state index contributed by atoms with van der Waals surface area (Å²) in [7, 11) is 0. The molecule has 3 nitrogen and oxygen atoms in total. The maximum atomic E-state index is 13.4. The average molecular weight is 393 g/mol. The van der Waals surface area contributed by atoms with Crippen LogP contribution in [0.1, 0.15) is 20.8 Å². The lowest BCUT2D eigenvalue weighted by Gasteiger charge is -2.20. The van der Waals surface area contributed by atoms with Crippen LogP contribution in [-0.4, -0.2) is 16.3 Å². The number of carbonyl (C=O) groups is 1. The lowest BCUT2D eigenvalue weighted by atomic mass is 9.95. The van der Waals surface area contributed by atoms with Gasteiger partial charge in [0.05, 0.1) is 11.0 Å². The Bertz CT molecular complexity index is 1410. The van der Waals surface area contributed by atoms with E-state index >= 15 is 0 Å². The van der Waals surface area contributed by atoms with E-state index in [2.05, 4.69) is 36.4 Å². The molecule has 0 unspecified atom stereocenters. The van der Waals surface area contributed by atoms with Gasteiger partial charge >= 0.3 is 6.09 Å². The van der Waals surface area contributed by atoms with Crippen molar-refractivity contribution in [1.82, 2.24) is 4.57 Å². The number of hydrogen-bond acceptors (Lipinski definition) is 2. The molecule has 0 saturated heterocycles. The number of para-hydroxylation sites is 1. The van der Waals surface area contributed by atoms with Crippen molar-refractivity contribution in [3.63, 3.8) is 0 Å². The minimum atomic E-state index is -0.582. The molecule has 0 aliphatic rings. The molecule has 0 bridgehead atoms. The number of benzene rings is 4. The van der Waals surface area contributed by atoms with E-state index in [4.69, 9.17) is 4.74 Å². The van der Waals surface area contributed by atoms with E-state index in [1.807, 2.05) is 69.3 Å². The van der Waals surface area contributed by atoms with Gasteiger partial charge in [0.2, 0.25) is 0 Å². The molecule has 0 aliphatic carbocycles. The van der Waals surface area contributed by atoms with Crippen molar-refractivity contribution < 1.29 is 9.53 Å². The largest absolute Gasteiger partial charge is 0.443 e. The molecular weight excluding hydrogens is 370 g/mol. The van der Waals surface area contributed by atoms with Crippen molar-refractivity contribution >= 4 is 38.7 Å². The molecule has 1 aromatic heterocycles. The number of nitrogens with zero attached hydrogens (tertiary/aromatic N) is 1. The fourth-order valence-corrected chi connectivity index (χ4v) is 4.18. The van der Waals surface area contributed by atoms with Gasteiger partial charge in [-0.2, -0.15) is 0 Å². The molecule has 5 rings (SSSR count). The summed E-state index contributed by atoms with van der Waals surface area (Å²) in [6.07, 6.45) is -0.357. The molecule has 148 valence electrons. The first-order valence-electron chi connectivity index (χ1n) is 10.2. The number of rotatable bonds is 1. The fourth-order valence-electron chi connectivity index (χ4n) is 4.18. The second-order valence-corrected chi connectivity index (χ2v) is 8.57. The molecule has 30 heavy (non-hydrogen) atoms. The first-order valence-corrected chi connectivity index (χ1v) is 10.2. The Morgan fingerprint density at radius 2 is 1.43 bits per heavy atom. The Morgan fingerprint density at radius 3 is 2.17 bits per heavy atom. The van der Waals surface area contributed by atoms with Crippen molar-refractivity contribution in [2.45, 2.75) is 26.4 Å². The van der Waals surface area contributed by atoms with Crippen LogP contribution in [0.25, 0.3) is 43.7 Å². The molecule has 0 saturated carbocycles. The van der Waals surface area contributed by atoms with Crippen LogP contribution < -0.4 is 0 Å². The predicted molar refractivity (Wildman–Crippen MR) is 124 cm³/mol. The van der Waals surface area contributed by atoms with Crippen LogP contribution in [0.4, 0.5) is 4.79 Å². The summed E-state index contributed by atoms with van der Waals surface area (Å²) < 4.78 is 7.56. The number of carbonyl (C=O) groups excluding carboxylic acids is 1. The van der Waals surface area contributed by atoms with E-state index < -0.39 is 5.60 Å². The lowest BCUT2D eigenvalue weighted by molar-refractivity contribution is 0.0551. The Kier molecular flexibility index (Phi) is 4.14. The molecule has 0 atom stereocenters. The van der Waals surface area contributed by atoms with Gasteiger partial charge in [0.25, 0.3) is 0 Å². The molecule has 1 heterocycles. The van der Waals surface area contributed by atoms with Crippen molar-refractivity contribution in [1.29, 1.82) is 0 Å². The molecule has 0 radical (unpaired) electrons. The first-order chi connectivity index (χ1) is 14.4. The summed E-state index contributed by atoms with van der Waals surface area (Å²) in [4.78, 5) is 13.4. The maximum Gasteiger partial charge on any atom is 0.419 e. The lowest BCUT2D eigenvalue weighted by Crippen LogP contribution is -2.27. The van der Waals surface area contributed by atoms with E-state index in [-0.39, 0.29) is 6.09 Å². The molecule has 0 fully saturated rings. The quantitative estimate of drug-likeness (QED) is 0.297. The molecule has 0 aliphatic heterocycles. The highest BCUT2D eigenvalue weighted by molar-refractivity contribution is 6.25. The van der Waals surface area contributed by atoms with Gasteiger partial charge in [-0.15, -0.1) is 0 Å². The smallest absolute Gasteiger partial charge is 0.419 e. The van der Waals surface area contributed by atoms with Crippen LogP contribution in [0.2, 0.25) is 0 Å². The van der Waals surface area contributed by atoms with Gasteiger partial charge < -0.3 is 4.74 Å². The summed E-state index contributed by atoms with van der Waals surface area (Å²) in [5.74, 6) is 0. The third-order valence-corrected chi connectivity index (χ3v) is 5.32. The van der Waals surface area contributed by atoms with Crippen molar-refractivity contribution in [2.75, 3.05) is 0 Å². The molecule has 0 spiro atoms. The standard InChI is InChI=1S/C27H23NO2/c1-27(2,3)30-26(29)28-23-16-10-9-15-21(23)24-22(18-11-5-4-6-12-18)17-19-13-7-8-14-20(19)25(24)28/h4-17H,1-3H3. The average Bonchev–Trinajstić information content (AvgIpc) is 3.08. The highest BCUT2D eigenvalue weighted by Gasteiger charge is 2.25. The van der Waals surface area contributed by atoms with Crippen LogP contribution in [0.5, 0.6) is 0 Å². The summed E-state index contributed by atoms with van der Waals surface area (Å²) in [5.41, 5.74) is 3.41. The van der Waals surface area contributed by atoms with Gasteiger partial charge in [0, 0.05) is 16.2 Å². The Hall–Kier alpha value is -3.59. The molecule has 0 amide bonds. The molecule has 3 heteroatoms. The van der Waals surface area contributed by atoms with Gasteiger partial charge in [0.1, 0.15) is 5.60 Å². The fraction of sp³-hybridized carbons (Fsp3) is 0.148. The van der Waals surface area contributed by atoms with Gasteiger partial charge in [-0.1, -0.05) is 72.8 Å². The maximum absolute atomic E-state index is 13.4. The number of fused-ring (bicyclic) bond motifs is 5. The molecular formula is C27H23NO2. The van der Waals surface area contributed by atoms with Crippen LogP contribution in [0, 0.1) is 0 Å². The van der Waals surface area contributed by atoms with E-state index in [1.54, 1.807) is 4.57 Å². The van der Waals surface area contributed by atoms with Crippen LogP contribution in [0.15, 0.2) is 84.9 Å². The second-order valence-electron chi connectivity index (χ2n) is 8.57. The van der Waals surface area contributed by atoms with E-state index in [0.717, 1.165) is 43.7 Å². The summed E-state index contributed by atoms with van der Waals surface area (Å²) in [5, 5.41) is 4.25. The topological polar surface area (TPSA) is 31.2 Å². The van der Waals surface area contributed by atoms with Gasteiger partial charge in [-0.25, -0.2) is 9.36 Å². The third-order valence-electron chi connectivity index (χ3n) is 5.32. The third kappa shape index (κ3) is 2.94. The molecule has 4 aromatic carbocycles. The number of ether oxygens (including phenoxy) is 1. The summed E-state index contributed by atoms with van der Waals surface area (Å²) >= 11 is 0. The monoisotopic (exact) mass is 393 g/mol. The summed E-state index contributed by atoms with van der Waals surface area (Å²) in [6.45, 7) is 5.69. The highest BCUT2D eigenvalue weighted by atomic mass is 16.6. The minimum absolute atomic E-state index is 0.357. The van der Waals surface area contributed by atoms with E-state index in [9.17, 15) is 4.79 Å². The first kappa shape index (κ1) is 18.4. The van der Waals surface area contributed by atoms with Crippen molar-refractivity contribution in [3.8, 4) is 11.1 Å². The zero-order valence-electron chi connectivity index (χ0n) is 17.3. The highest BCUT2D eigenvalue weighted by Crippen LogP contribution is 2.41. The molecule has 0 N–H and O–H groups in total. The SMILES string of the molecule is CC(C)(C)OC(=O)n1c2ccccc2c2c(-c3ccccc3)cc3ccccc3c21. The van der Waals surface area contributed by atoms with Gasteiger partial charge in [-0.3, -0.25) is 0 Å². The Morgan fingerprint density at radius 1 is 0.800 bits per heavy atom. The van der Waals surface area contributed by atoms with Crippen LogP contribution in [-0.2, 0) is 4.74 Å². The Balaban J connectivity index is 1.99. The summed E-state index contributed by atoms with van der Waals surface area (Å²) in [6, 6.07) is 28.8. The molecule has 5 aromatic rings. The van der Waals surface area contributed by atoms with E-state index in [1.165, 1.54) is 0 Å².